The van der Waals surface area contributed by atoms with Crippen LogP contribution >= 0.6 is 0 Å². The number of carbonyl (C=O) groups excluding carboxylic acids is 1. The predicted octanol–water partition coefficient (Wildman–Crippen LogP) is 1.53. The number of aliphatic hydroxyl groups excluding tert-OH is 1. The third-order valence-corrected chi connectivity index (χ3v) is 3.42. The zero-order valence-corrected chi connectivity index (χ0v) is 10.9. The zero-order valence-electron chi connectivity index (χ0n) is 10.9. The highest BCUT2D eigenvalue weighted by Gasteiger charge is 2.35. The third kappa shape index (κ3) is 2.45. The molecule has 1 amide bonds. The van der Waals surface area contributed by atoms with Crippen molar-refractivity contribution in [2.75, 3.05) is 5.73 Å². The summed E-state index contributed by atoms with van der Waals surface area (Å²) in [6.45, 7) is 3.69. The predicted molar refractivity (Wildman–Crippen MR) is 73.2 cm³/mol. The molecule has 1 atom stereocenters. The molecule has 1 aliphatic heterocycles. The number of benzene rings is 1. The van der Waals surface area contributed by atoms with E-state index in [1.54, 1.807) is 18.2 Å². The van der Waals surface area contributed by atoms with Gasteiger partial charge in [-0.1, -0.05) is 12.6 Å². The second-order valence-electron chi connectivity index (χ2n) is 4.75. The topological polar surface area (TPSA) is 104 Å². The van der Waals surface area contributed by atoms with Gasteiger partial charge in [-0.2, -0.15) is 0 Å². The molecule has 0 radical (unpaired) electrons. The molecule has 6 heteroatoms. The Bertz CT molecular complexity index is 583. The highest BCUT2D eigenvalue weighted by molar-refractivity contribution is 6.00. The van der Waals surface area contributed by atoms with Crippen LogP contribution < -0.4 is 5.73 Å². The number of nitrogens with two attached hydrogens (primary N) is 1. The molecule has 0 saturated carbocycles. The summed E-state index contributed by atoms with van der Waals surface area (Å²) in [4.78, 5) is 24.4. The smallest absolute Gasteiger partial charge is 0.303 e. The first-order chi connectivity index (χ1) is 9.41. The summed E-state index contributed by atoms with van der Waals surface area (Å²) in [7, 11) is 0. The van der Waals surface area contributed by atoms with Crippen molar-refractivity contribution in [1.29, 1.82) is 0 Å². The van der Waals surface area contributed by atoms with Crippen LogP contribution in [0.15, 0.2) is 30.5 Å². The Labute approximate surface area is 116 Å². The molecule has 6 nitrogen and oxygen atoms in total. The van der Waals surface area contributed by atoms with Gasteiger partial charge in [0, 0.05) is 29.8 Å². The van der Waals surface area contributed by atoms with E-state index in [0.717, 1.165) is 0 Å². The van der Waals surface area contributed by atoms with E-state index in [2.05, 4.69) is 6.58 Å². The zero-order chi connectivity index (χ0) is 14.9. The Morgan fingerprint density at radius 2 is 2.15 bits per heavy atom. The fourth-order valence-corrected chi connectivity index (χ4v) is 2.39. The van der Waals surface area contributed by atoms with Crippen LogP contribution in [0.5, 0.6) is 0 Å². The Kier molecular flexibility index (Phi) is 3.65. The first-order valence-corrected chi connectivity index (χ1v) is 6.19. The molecule has 106 valence electrons. The SMILES string of the molecule is C=C(O)C(CCC(=O)O)N1Cc2c(N)cccc2C1=O. The Balaban J connectivity index is 2.25. The van der Waals surface area contributed by atoms with E-state index >= 15 is 0 Å². The van der Waals surface area contributed by atoms with E-state index in [0.29, 0.717) is 16.8 Å². The molecule has 1 heterocycles. The number of fused-ring (bicyclic) bond motifs is 1. The number of carboxylic acid groups (broad SMARTS) is 1. The minimum absolute atomic E-state index is 0.115. The summed E-state index contributed by atoms with van der Waals surface area (Å²) in [6, 6.07) is 4.35. The van der Waals surface area contributed by atoms with Crippen molar-refractivity contribution in [3.05, 3.63) is 41.7 Å². The van der Waals surface area contributed by atoms with Gasteiger partial charge in [0.1, 0.15) is 5.76 Å². The molecule has 0 aliphatic carbocycles. The number of hydrogen-bond acceptors (Lipinski definition) is 4. The molecule has 1 unspecified atom stereocenters. The highest BCUT2D eigenvalue weighted by Crippen LogP contribution is 2.31. The highest BCUT2D eigenvalue weighted by atomic mass is 16.4. The van der Waals surface area contributed by atoms with Crippen molar-refractivity contribution in [2.45, 2.75) is 25.4 Å². The van der Waals surface area contributed by atoms with Crippen LogP contribution in [0.25, 0.3) is 0 Å². The maximum atomic E-state index is 12.3. The van der Waals surface area contributed by atoms with E-state index in [1.807, 2.05) is 0 Å². The molecule has 0 fully saturated rings. The first kappa shape index (κ1) is 13.9. The van der Waals surface area contributed by atoms with Crippen molar-refractivity contribution >= 4 is 17.6 Å². The maximum Gasteiger partial charge on any atom is 0.303 e. The van der Waals surface area contributed by atoms with Crippen molar-refractivity contribution in [1.82, 2.24) is 4.90 Å². The Hall–Kier alpha value is -2.50. The fourth-order valence-electron chi connectivity index (χ4n) is 2.39. The number of carboxylic acids is 1. The molecule has 1 aliphatic rings. The van der Waals surface area contributed by atoms with Crippen molar-refractivity contribution in [3.8, 4) is 0 Å². The summed E-state index contributed by atoms with van der Waals surface area (Å²) < 4.78 is 0. The van der Waals surface area contributed by atoms with Gasteiger partial charge in [-0.25, -0.2) is 0 Å². The third-order valence-electron chi connectivity index (χ3n) is 3.42. The lowest BCUT2D eigenvalue weighted by Crippen LogP contribution is -2.37. The molecule has 0 saturated heterocycles. The van der Waals surface area contributed by atoms with E-state index in [9.17, 15) is 14.7 Å². The van der Waals surface area contributed by atoms with Crippen LogP contribution in [0.1, 0.15) is 28.8 Å². The average molecular weight is 276 g/mol. The average Bonchev–Trinajstić information content (AvgIpc) is 2.69. The molecule has 0 spiro atoms. The van der Waals surface area contributed by atoms with Crippen LogP contribution in [-0.4, -0.2) is 33.0 Å². The minimum Gasteiger partial charge on any atom is -0.511 e. The maximum absolute atomic E-state index is 12.3. The molecule has 0 bridgehead atoms. The summed E-state index contributed by atoms with van der Waals surface area (Å²) in [5, 5.41) is 18.4. The standard InChI is InChI=1S/C14H16N2O4/c1-8(17)12(5-6-13(18)19)16-7-10-9(14(16)20)3-2-4-11(10)15/h2-4,12,17H,1,5-7,15H2,(H,18,19). The van der Waals surface area contributed by atoms with Gasteiger partial charge in [-0.15, -0.1) is 0 Å². The van der Waals surface area contributed by atoms with Crippen molar-refractivity contribution < 1.29 is 19.8 Å². The molecule has 4 N–H and O–H groups in total. The van der Waals surface area contributed by atoms with E-state index < -0.39 is 12.0 Å². The lowest BCUT2D eigenvalue weighted by Gasteiger charge is -2.26. The quantitative estimate of drug-likeness (QED) is 0.559. The lowest BCUT2D eigenvalue weighted by atomic mass is 10.1. The van der Waals surface area contributed by atoms with Gasteiger partial charge in [-0.05, 0) is 18.6 Å². The minimum atomic E-state index is -0.986. The van der Waals surface area contributed by atoms with Crippen LogP contribution in [0, 0.1) is 0 Å². The van der Waals surface area contributed by atoms with E-state index in [1.165, 1.54) is 4.90 Å². The van der Waals surface area contributed by atoms with Crippen LogP contribution in [0.2, 0.25) is 0 Å². The second kappa shape index (κ2) is 5.24. The van der Waals surface area contributed by atoms with Crippen LogP contribution in [0.3, 0.4) is 0 Å². The summed E-state index contributed by atoms with van der Waals surface area (Å²) in [5.41, 5.74) is 7.55. The number of carbonyl (C=O) groups is 2. The van der Waals surface area contributed by atoms with Crippen molar-refractivity contribution in [3.63, 3.8) is 0 Å². The number of nitrogen functional groups attached to an aromatic ring is 1. The van der Waals surface area contributed by atoms with Gasteiger partial charge in [0.2, 0.25) is 0 Å². The van der Waals surface area contributed by atoms with Gasteiger partial charge in [0.05, 0.1) is 6.04 Å². The van der Waals surface area contributed by atoms with Gasteiger partial charge < -0.3 is 20.8 Å². The van der Waals surface area contributed by atoms with Gasteiger partial charge in [0.25, 0.3) is 5.91 Å². The van der Waals surface area contributed by atoms with Crippen LogP contribution in [0.4, 0.5) is 5.69 Å². The fraction of sp³-hybridized carbons (Fsp3) is 0.286. The summed E-state index contributed by atoms with van der Waals surface area (Å²) >= 11 is 0. The molecule has 1 aromatic rings. The number of nitrogens with zero attached hydrogens (tertiary/aromatic N) is 1. The Morgan fingerprint density at radius 3 is 2.70 bits per heavy atom. The molecule has 0 aromatic heterocycles. The number of aliphatic carboxylic acids is 1. The molecule has 2 rings (SSSR count). The van der Waals surface area contributed by atoms with E-state index in [-0.39, 0.29) is 31.1 Å². The lowest BCUT2D eigenvalue weighted by molar-refractivity contribution is -0.137. The Morgan fingerprint density at radius 1 is 1.45 bits per heavy atom. The normalized spacial score (nSPS) is 15.0. The summed E-state index contributed by atoms with van der Waals surface area (Å²) in [5.74, 6) is -1.47. The largest absolute Gasteiger partial charge is 0.511 e. The van der Waals surface area contributed by atoms with Crippen LogP contribution in [-0.2, 0) is 11.3 Å². The van der Waals surface area contributed by atoms with Gasteiger partial charge in [-0.3, -0.25) is 9.59 Å². The van der Waals surface area contributed by atoms with Gasteiger partial charge in [0.15, 0.2) is 0 Å². The number of rotatable bonds is 5. The van der Waals surface area contributed by atoms with Gasteiger partial charge >= 0.3 is 5.97 Å². The van der Waals surface area contributed by atoms with E-state index in [4.69, 9.17) is 10.8 Å². The monoisotopic (exact) mass is 276 g/mol. The molecular weight excluding hydrogens is 260 g/mol. The number of amides is 1. The molecular formula is C14H16N2O4. The molecule has 1 aromatic carbocycles. The number of anilines is 1. The number of aliphatic hydroxyl groups is 1. The first-order valence-electron chi connectivity index (χ1n) is 6.19. The second-order valence-corrected chi connectivity index (χ2v) is 4.75. The van der Waals surface area contributed by atoms with Crippen molar-refractivity contribution in [2.24, 2.45) is 0 Å². The summed E-state index contributed by atoms with van der Waals surface area (Å²) in [6.07, 6.45) is -0.0375. The molecule has 20 heavy (non-hydrogen) atoms. The number of hydrogen-bond donors (Lipinski definition) is 3.